The van der Waals surface area contributed by atoms with Crippen molar-refractivity contribution in [1.29, 1.82) is 0 Å². The van der Waals surface area contributed by atoms with Gasteiger partial charge in [0.15, 0.2) is 11.5 Å². The van der Waals surface area contributed by atoms with Gasteiger partial charge in [0, 0.05) is 27.0 Å². The molecule has 0 fully saturated rings. The minimum atomic E-state index is -0.602. The number of nitrogens with zero attached hydrogens (tertiary/aromatic N) is 3. The molecule has 224 valence electrons. The van der Waals surface area contributed by atoms with Gasteiger partial charge in [-0.3, -0.25) is 4.79 Å². The quantitative estimate of drug-likeness (QED) is 0.160. The van der Waals surface area contributed by atoms with Gasteiger partial charge in [-0.2, -0.15) is 4.98 Å². The van der Waals surface area contributed by atoms with Crippen molar-refractivity contribution in [3.63, 3.8) is 0 Å². The Bertz CT molecular complexity index is 1710. The fourth-order valence-corrected chi connectivity index (χ4v) is 6.37. The molecule has 0 saturated carbocycles. The number of thioether (sulfide) groups is 1. The van der Waals surface area contributed by atoms with Crippen molar-refractivity contribution in [2.45, 2.75) is 45.5 Å². The number of aryl methyl sites for hydroxylation is 1. The molecule has 1 aromatic heterocycles. The molecule has 1 aliphatic rings. The SMILES string of the molecule is CCOc1cc(C2C(C(=O)Nc3cccc(C)c3)=C(C)Nc3nc(SCC)nn32)cc(Br)c1OCc1ccc(Cl)cc1Cl. The molecule has 12 heteroatoms. The van der Waals surface area contributed by atoms with E-state index in [1.807, 2.05) is 70.2 Å². The summed E-state index contributed by atoms with van der Waals surface area (Å²) in [4.78, 5) is 18.6. The second kappa shape index (κ2) is 13.6. The van der Waals surface area contributed by atoms with Crippen molar-refractivity contribution < 1.29 is 14.3 Å². The summed E-state index contributed by atoms with van der Waals surface area (Å²) in [6, 6.07) is 16.2. The predicted octanol–water partition coefficient (Wildman–Crippen LogP) is 8.67. The highest BCUT2D eigenvalue weighted by Crippen LogP contribution is 2.44. The van der Waals surface area contributed by atoms with Gasteiger partial charge in [-0.15, -0.1) is 5.10 Å². The molecule has 1 aliphatic heterocycles. The summed E-state index contributed by atoms with van der Waals surface area (Å²) in [5.41, 5.74) is 4.48. The third-order valence-corrected chi connectivity index (χ3v) is 8.56. The maximum absolute atomic E-state index is 13.9. The third kappa shape index (κ3) is 6.98. The van der Waals surface area contributed by atoms with E-state index in [0.29, 0.717) is 60.7 Å². The monoisotopic (exact) mass is 701 g/mol. The van der Waals surface area contributed by atoms with Crippen LogP contribution in [0.3, 0.4) is 0 Å². The summed E-state index contributed by atoms with van der Waals surface area (Å²) in [5.74, 6) is 2.13. The van der Waals surface area contributed by atoms with Gasteiger partial charge in [-0.05, 0) is 90.0 Å². The zero-order valence-corrected chi connectivity index (χ0v) is 27.9. The number of ether oxygens (including phenoxy) is 2. The molecule has 5 rings (SSSR count). The molecule has 2 heterocycles. The highest BCUT2D eigenvalue weighted by molar-refractivity contribution is 9.10. The van der Waals surface area contributed by atoms with Crippen molar-refractivity contribution in [3.8, 4) is 11.5 Å². The number of rotatable bonds is 10. The fourth-order valence-electron chi connectivity index (χ4n) is 4.78. The first kappa shape index (κ1) is 31.3. The van der Waals surface area contributed by atoms with Crippen molar-refractivity contribution >= 4 is 68.4 Å². The molecule has 8 nitrogen and oxygen atoms in total. The molecule has 1 unspecified atom stereocenters. The third-order valence-electron chi connectivity index (χ3n) is 6.66. The van der Waals surface area contributed by atoms with Gasteiger partial charge >= 0.3 is 0 Å². The van der Waals surface area contributed by atoms with Crippen LogP contribution >= 0.6 is 50.9 Å². The van der Waals surface area contributed by atoms with Crippen LogP contribution in [0.15, 0.2) is 75.5 Å². The van der Waals surface area contributed by atoms with E-state index in [4.69, 9.17) is 37.8 Å². The first-order chi connectivity index (χ1) is 20.7. The van der Waals surface area contributed by atoms with Gasteiger partial charge < -0.3 is 20.1 Å². The lowest BCUT2D eigenvalue weighted by Crippen LogP contribution is -2.31. The average Bonchev–Trinajstić information content (AvgIpc) is 3.34. The maximum atomic E-state index is 13.9. The van der Waals surface area contributed by atoms with E-state index in [2.05, 4.69) is 31.5 Å². The molecular formula is C31H30BrCl2N5O3S. The molecule has 0 aliphatic carbocycles. The van der Waals surface area contributed by atoms with Crippen LogP contribution in [0, 0.1) is 6.92 Å². The highest BCUT2D eigenvalue weighted by Gasteiger charge is 2.35. The summed E-state index contributed by atoms with van der Waals surface area (Å²) >= 11 is 17.7. The first-order valence-corrected chi connectivity index (χ1v) is 16.2. The van der Waals surface area contributed by atoms with Crippen LogP contribution in [0.5, 0.6) is 11.5 Å². The zero-order valence-electron chi connectivity index (χ0n) is 24.0. The van der Waals surface area contributed by atoms with Crippen molar-refractivity contribution in [2.24, 2.45) is 0 Å². The lowest BCUT2D eigenvalue weighted by Gasteiger charge is -2.29. The Balaban J connectivity index is 1.57. The molecule has 2 N–H and O–H groups in total. The summed E-state index contributed by atoms with van der Waals surface area (Å²) < 4.78 is 14.7. The van der Waals surface area contributed by atoms with Crippen LogP contribution in [-0.2, 0) is 11.4 Å². The number of halogens is 3. The Morgan fingerprint density at radius 2 is 1.93 bits per heavy atom. The van der Waals surface area contributed by atoms with E-state index in [1.165, 1.54) is 11.8 Å². The number of aromatic nitrogens is 3. The van der Waals surface area contributed by atoms with E-state index in [1.54, 1.807) is 16.8 Å². The zero-order chi connectivity index (χ0) is 30.7. The standard InChI is InChI=1S/C31H30BrCl2N5O3S/c1-5-41-25-14-20(13-23(32)28(25)42-16-19-10-11-21(33)15-24(19)34)27-26(29(40)36-22-9-7-8-17(3)12-22)18(4)35-30-37-31(43-6-2)38-39(27)30/h7-15,27H,5-6,16H2,1-4H3,(H,36,40)(H,35,37,38). The van der Waals surface area contributed by atoms with Crippen LogP contribution in [0.2, 0.25) is 10.0 Å². The Morgan fingerprint density at radius 1 is 1.12 bits per heavy atom. The number of allylic oxidation sites excluding steroid dienone is 1. The van der Waals surface area contributed by atoms with Gasteiger partial charge in [-0.1, -0.05) is 60.1 Å². The number of hydrogen-bond donors (Lipinski definition) is 2. The molecule has 4 aromatic rings. The number of benzene rings is 3. The van der Waals surface area contributed by atoms with E-state index < -0.39 is 6.04 Å². The predicted molar refractivity (Wildman–Crippen MR) is 177 cm³/mol. The number of fused-ring (bicyclic) bond motifs is 1. The number of anilines is 2. The summed E-state index contributed by atoms with van der Waals surface area (Å²) in [5, 5.41) is 12.8. The number of carbonyl (C=O) groups is 1. The molecule has 1 amide bonds. The topological polar surface area (TPSA) is 90.3 Å². The van der Waals surface area contributed by atoms with Crippen molar-refractivity contribution in [3.05, 3.63) is 97.1 Å². The lowest BCUT2D eigenvalue weighted by molar-refractivity contribution is -0.113. The van der Waals surface area contributed by atoms with E-state index in [0.717, 1.165) is 22.4 Å². The Hall–Kier alpha value is -3.18. The van der Waals surface area contributed by atoms with Gasteiger partial charge in [0.1, 0.15) is 12.6 Å². The summed E-state index contributed by atoms with van der Waals surface area (Å²) in [7, 11) is 0. The Kier molecular flexibility index (Phi) is 9.91. The maximum Gasteiger partial charge on any atom is 0.255 e. The van der Waals surface area contributed by atoms with Crippen molar-refractivity contribution in [1.82, 2.24) is 14.8 Å². The molecule has 0 saturated heterocycles. The molecular weight excluding hydrogens is 673 g/mol. The normalized spacial score (nSPS) is 14.3. The minimum absolute atomic E-state index is 0.204. The molecule has 43 heavy (non-hydrogen) atoms. The number of hydrogen-bond acceptors (Lipinski definition) is 7. The van der Waals surface area contributed by atoms with Crippen LogP contribution in [0.1, 0.15) is 43.5 Å². The van der Waals surface area contributed by atoms with Crippen LogP contribution in [0.25, 0.3) is 0 Å². The van der Waals surface area contributed by atoms with Crippen LogP contribution < -0.4 is 20.1 Å². The second-order valence-corrected chi connectivity index (χ2v) is 12.7. The van der Waals surface area contributed by atoms with Crippen LogP contribution in [-0.4, -0.2) is 33.0 Å². The Labute approximate surface area is 273 Å². The molecule has 0 spiro atoms. The Morgan fingerprint density at radius 3 is 2.65 bits per heavy atom. The van der Waals surface area contributed by atoms with E-state index >= 15 is 0 Å². The fraction of sp³-hybridized carbons (Fsp3) is 0.258. The highest BCUT2D eigenvalue weighted by atomic mass is 79.9. The van der Waals surface area contributed by atoms with Gasteiger partial charge in [0.05, 0.1) is 16.7 Å². The van der Waals surface area contributed by atoms with Crippen LogP contribution in [0.4, 0.5) is 11.6 Å². The second-order valence-electron chi connectivity index (χ2n) is 9.77. The smallest absolute Gasteiger partial charge is 0.255 e. The van der Waals surface area contributed by atoms with E-state index in [-0.39, 0.29) is 12.5 Å². The summed E-state index contributed by atoms with van der Waals surface area (Å²) in [6.45, 7) is 8.41. The number of amides is 1. The van der Waals surface area contributed by atoms with E-state index in [9.17, 15) is 4.79 Å². The summed E-state index contributed by atoms with van der Waals surface area (Å²) in [6.07, 6.45) is 0. The van der Waals surface area contributed by atoms with Gasteiger partial charge in [0.2, 0.25) is 11.1 Å². The van der Waals surface area contributed by atoms with Crippen molar-refractivity contribution in [2.75, 3.05) is 23.0 Å². The number of carbonyl (C=O) groups excluding carboxylic acids is 1. The molecule has 0 bridgehead atoms. The van der Waals surface area contributed by atoms with Gasteiger partial charge in [-0.25, -0.2) is 4.68 Å². The molecule has 0 radical (unpaired) electrons. The number of nitrogens with one attached hydrogen (secondary N) is 2. The average molecular weight is 703 g/mol. The lowest BCUT2D eigenvalue weighted by atomic mass is 9.94. The molecule has 1 atom stereocenters. The largest absolute Gasteiger partial charge is 0.490 e. The van der Waals surface area contributed by atoms with Gasteiger partial charge in [0.25, 0.3) is 5.91 Å². The molecule has 3 aromatic carbocycles. The first-order valence-electron chi connectivity index (χ1n) is 13.7. The minimum Gasteiger partial charge on any atom is -0.490 e.